The second-order valence-corrected chi connectivity index (χ2v) is 3.53. The zero-order chi connectivity index (χ0) is 8.86. The van der Waals surface area contributed by atoms with Crippen molar-refractivity contribution < 1.29 is 4.74 Å². The predicted octanol–water partition coefficient (Wildman–Crippen LogP) is 3.43. The summed E-state index contributed by atoms with van der Waals surface area (Å²) in [6.45, 7) is 4.33. The Hall–Kier alpha value is -0.720. The first kappa shape index (κ1) is 9.37. The van der Waals surface area contributed by atoms with E-state index in [9.17, 15) is 0 Å². The van der Waals surface area contributed by atoms with Gasteiger partial charge in [0.1, 0.15) is 5.60 Å². The topological polar surface area (TPSA) is 9.23 Å². The maximum absolute atomic E-state index is 5.54. The molecule has 68 valence electrons. The van der Waals surface area contributed by atoms with E-state index in [0.29, 0.717) is 0 Å². The van der Waals surface area contributed by atoms with E-state index in [1.54, 1.807) is 0 Å². The van der Waals surface area contributed by atoms with Gasteiger partial charge in [-0.3, -0.25) is 0 Å². The molecular weight excluding hydrogens is 148 g/mol. The highest BCUT2D eigenvalue weighted by molar-refractivity contribution is 5.04. The van der Waals surface area contributed by atoms with Gasteiger partial charge in [0.15, 0.2) is 0 Å². The molecular formula is C11H18O. The minimum atomic E-state index is -0.0378. The molecule has 0 aliphatic carbocycles. The predicted molar refractivity (Wildman–Crippen MR) is 51.9 cm³/mol. The molecule has 0 spiro atoms. The Morgan fingerprint density at radius 2 is 2.42 bits per heavy atom. The first-order chi connectivity index (χ1) is 5.77. The molecule has 0 saturated heterocycles. The third-order valence-corrected chi connectivity index (χ3v) is 2.17. The molecule has 1 aliphatic rings. The van der Waals surface area contributed by atoms with Crippen molar-refractivity contribution in [2.24, 2.45) is 0 Å². The maximum atomic E-state index is 5.54. The Bertz CT molecular complexity index is 181. The molecule has 1 rings (SSSR count). The zero-order valence-corrected chi connectivity index (χ0v) is 8.05. The van der Waals surface area contributed by atoms with Crippen molar-refractivity contribution in [2.45, 2.75) is 45.1 Å². The molecule has 12 heavy (non-hydrogen) atoms. The zero-order valence-electron chi connectivity index (χ0n) is 8.05. The van der Waals surface area contributed by atoms with Crippen LogP contribution in [0.5, 0.6) is 0 Å². The average Bonchev–Trinajstić information content (AvgIpc) is 2.06. The fourth-order valence-corrected chi connectivity index (χ4v) is 1.32. The van der Waals surface area contributed by atoms with Crippen molar-refractivity contribution in [3.63, 3.8) is 0 Å². The molecule has 0 N–H and O–H groups in total. The molecule has 0 fully saturated rings. The Morgan fingerprint density at radius 3 is 3.00 bits per heavy atom. The van der Waals surface area contributed by atoms with E-state index < -0.39 is 0 Å². The van der Waals surface area contributed by atoms with Gasteiger partial charge in [-0.05, 0) is 38.3 Å². The van der Waals surface area contributed by atoms with Gasteiger partial charge in [-0.25, -0.2) is 0 Å². The van der Waals surface area contributed by atoms with Crippen molar-refractivity contribution in [1.29, 1.82) is 0 Å². The summed E-state index contributed by atoms with van der Waals surface area (Å²) in [5.74, 6) is 0. The first-order valence-corrected chi connectivity index (χ1v) is 4.77. The highest BCUT2D eigenvalue weighted by atomic mass is 16.5. The van der Waals surface area contributed by atoms with E-state index in [4.69, 9.17) is 4.74 Å². The Labute approximate surface area is 75.1 Å². The molecule has 0 aromatic rings. The summed E-state index contributed by atoms with van der Waals surface area (Å²) in [6.07, 6.45) is 12.9. The van der Waals surface area contributed by atoms with Gasteiger partial charge in [-0.1, -0.05) is 19.4 Å². The average molecular weight is 166 g/mol. The normalized spacial score (nSPS) is 29.2. The van der Waals surface area contributed by atoms with Crippen LogP contribution in [0.4, 0.5) is 0 Å². The number of hydrogen-bond donors (Lipinski definition) is 0. The lowest BCUT2D eigenvalue weighted by Crippen LogP contribution is -2.25. The van der Waals surface area contributed by atoms with E-state index in [2.05, 4.69) is 32.1 Å². The first-order valence-electron chi connectivity index (χ1n) is 4.77. The lowest BCUT2D eigenvalue weighted by atomic mass is 9.97. The van der Waals surface area contributed by atoms with Crippen LogP contribution in [0.2, 0.25) is 0 Å². The van der Waals surface area contributed by atoms with Gasteiger partial charge < -0.3 is 4.74 Å². The van der Waals surface area contributed by atoms with Gasteiger partial charge in [0, 0.05) is 0 Å². The molecule has 1 nitrogen and oxygen atoms in total. The molecule has 0 radical (unpaired) electrons. The molecule has 0 aromatic heterocycles. The Balaban J connectivity index is 2.42. The second kappa shape index (κ2) is 4.34. The number of allylic oxidation sites excluding steroid dienone is 2. The smallest absolute Gasteiger partial charge is 0.124 e. The van der Waals surface area contributed by atoms with Crippen molar-refractivity contribution in [2.75, 3.05) is 0 Å². The molecule has 0 bridgehead atoms. The SMILES string of the molecule is CCCC=CC1(C)CCC=CO1. The van der Waals surface area contributed by atoms with E-state index in [1.165, 1.54) is 6.42 Å². The lowest BCUT2D eigenvalue weighted by molar-refractivity contribution is 0.0669. The fraction of sp³-hybridized carbons (Fsp3) is 0.636. The summed E-state index contributed by atoms with van der Waals surface area (Å²) >= 11 is 0. The number of hydrogen-bond acceptors (Lipinski definition) is 1. The van der Waals surface area contributed by atoms with Gasteiger partial charge >= 0.3 is 0 Å². The molecule has 0 saturated carbocycles. The lowest BCUT2D eigenvalue weighted by Gasteiger charge is -2.28. The summed E-state index contributed by atoms with van der Waals surface area (Å²) in [6, 6.07) is 0. The molecule has 1 atom stereocenters. The van der Waals surface area contributed by atoms with E-state index in [1.807, 2.05) is 6.26 Å². The van der Waals surface area contributed by atoms with Crippen molar-refractivity contribution in [3.05, 3.63) is 24.5 Å². The summed E-state index contributed by atoms with van der Waals surface area (Å²) in [5.41, 5.74) is -0.0378. The van der Waals surface area contributed by atoms with Crippen LogP contribution in [0.3, 0.4) is 0 Å². The number of unbranched alkanes of at least 4 members (excludes halogenated alkanes) is 1. The van der Waals surface area contributed by atoms with Gasteiger partial charge in [0.25, 0.3) is 0 Å². The Kier molecular flexibility index (Phi) is 3.39. The van der Waals surface area contributed by atoms with Crippen LogP contribution in [0.25, 0.3) is 0 Å². The van der Waals surface area contributed by atoms with E-state index >= 15 is 0 Å². The highest BCUT2D eigenvalue weighted by Gasteiger charge is 2.21. The maximum Gasteiger partial charge on any atom is 0.124 e. The molecule has 0 aromatic carbocycles. The minimum Gasteiger partial charge on any atom is -0.491 e. The third-order valence-electron chi connectivity index (χ3n) is 2.17. The van der Waals surface area contributed by atoms with Gasteiger partial charge in [-0.2, -0.15) is 0 Å². The monoisotopic (exact) mass is 166 g/mol. The summed E-state index contributed by atoms with van der Waals surface area (Å²) in [4.78, 5) is 0. The minimum absolute atomic E-state index is 0.0378. The van der Waals surface area contributed by atoms with Crippen LogP contribution >= 0.6 is 0 Å². The van der Waals surface area contributed by atoms with Crippen molar-refractivity contribution in [1.82, 2.24) is 0 Å². The standard InChI is InChI=1S/C11H18O/c1-3-4-5-8-11(2)9-6-7-10-12-11/h5,7-8,10H,3-4,6,9H2,1-2H3. The van der Waals surface area contributed by atoms with Gasteiger partial charge in [0.2, 0.25) is 0 Å². The van der Waals surface area contributed by atoms with Crippen molar-refractivity contribution in [3.8, 4) is 0 Å². The third kappa shape index (κ3) is 2.72. The Morgan fingerprint density at radius 1 is 1.58 bits per heavy atom. The van der Waals surface area contributed by atoms with E-state index in [0.717, 1.165) is 19.3 Å². The molecule has 1 unspecified atom stereocenters. The number of ether oxygens (including phenoxy) is 1. The fourth-order valence-electron chi connectivity index (χ4n) is 1.32. The number of rotatable bonds is 3. The van der Waals surface area contributed by atoms with Crippen LogP contribution in [0.15, 0.2) is 24.5 Å². The van der Waals surface area contributed by atoms with Crippen LogP contribution in [-0.4, -0.2) is 5.60 Å². The van der Waals surface area contributed by atoms with Crippen LogP contribution < -0.4 is 0 Å². The van der Waals surface area contributed by atoms with Crippen LogP contribution in [-0.2, 0) is 4.74 Å². The van der Waals surface area contributed by atoms with Gasteiger partial charge in [0.05, 0.1) is 6.26 Å². The molecule has 0 amide bonds. The molecule has 1 heterocycles. The highest BCUT2D eigenvalue weighted by Crippen LogP contribution is 2.24. The second-order valence-electron chi connectivity index (χ2n) is 3.53. The van der Waals surface area contributed by atoms with Crippen molar-refractivity contribution >= 4 is 0 Å². The summed E-state index contributed by atoms with van der Waals surface area (Å²) < 4.78 is 5.54. The summed E-state index contributed by atoms with van der Waals surface area (Å²) in [7, 11) is 0. The van der Waals surface area contributed by atoms with Gasteiger partial charge in [-0.15, -0.1) is 0 Å². The molecule has 1 heteroatoms. The van der Waals surface area contributed by atoms with Crippen LogP contribution in [0, 0.1) is 0 Å². The van der Waals surface area contributed by atoms with Crippen LogP contribution in [0.1, 0.15) is 39.5 Å². The van der Waals surface area contributed by atoms with E-state index in [-0.39, 0.29) is 5.60 Å². The largest absolute Gasteiger partial charge is 0.491 e. The quantitative estimate of drug-likeness (QED) is 0.584. The summed E-state index contributed by atoms with van der Waals surface area (Å²) in [5, 5.41) is 0. The molecule has 1 aliphatic heterocycles.